The molecule has 0 aliphatic carbocycles. The van der Waals surface area contributed by atoms with Crippen LogP contribution in [0.2, 0.25) is 0 Å². The van der Waals surface area contributed by atoms with Gasteiger partial charge in [0, 0.05) is 47.2 Å². The van der Waals surface area contributed by atoms with E-state index in [1.807, 2.05) is 6.07 Å². The third-order valence-corrected chi connectivity index (χ3v) is 4.92. The fourth-order valence-corrected chi connectivity index (χ4v) is 3.54. The number of carbonyl (C=O) groups excluding carboxylic acids is 2. The van der Waals surface area contributed by atoms with Gasteiger partial charge in [0.2, 0.25) is 0 Å². The smallest absolute Gasteiger partial charge is 0.337 e. The lowest BCUT2D eigenvalue weighted by Crippen LogP contribution is -2.35. The summed E-state index contributed by atoms with van der Waals surface area (Å²) in [6.45, 7) is 1.05. The van der Waals surface area contributed by atoms with Crippen molar-refractivity contribution in [1.82, 2.24) is 9.88 Å². The summed E-state index contributed by atoms with van der Waals surface area (Å²) in [5.74, 6) is -0.486. The molecular formula is C21H17N3O3. The molecule has 0 saturated carbocycles. The average molecular weight is 359 g/mol. The molecule has 0 spiro atoms. The van der Waals surface area contributed by atoms with E-state index in [0.717, 1.165) is 22.2 Å². The van der Waals surface area contributed by atoms with E-state index in [1.54, 1.807) is 41.3 Å². The van der Waals surface area contributed by atoms with E-state index in [1.165, 1.54) is 7.11 Å². The normalized spacial score (nSPS) is 13.1. The van der Waals surface area contributed by atoms with Gasteiger partial charge in [-0.2, -0.15) is 5.26 Å². The SMILES string of the molecule is COC(=O)c1ccc2[nH]c3c(c2c1)CN(C(=O)c1cccc(C#N)c1)CC3. The molecule has 1 aromatic heterocycles. The van der Waals surface area contributed by atoms with E-state index in [2.05, 4.69) is 11.1 Å². The molecule has 1 aliphatic rings. The summed E-state index contributed by atoms with van der Waals surface area (Å²) in [5.41, 5.74) is 4.50. The summed E-state index contributed by atoms with van der Waals surface area (Å²) < 4.78 is 4.80. The number of carbonyl (C=O) groups is 2. The number of nitriles is 1. The van der Waals surface area contributed by atoms with Crippen LogP contribution in [0.25, 0.3) is 10.9 Å². The number of methoxy groups -OCH3 is 1. The third kappa shape index (κ3) is 2.93. The molecule has 6 heteroatoms. The van der Waals surface area contributed by atoms with Crippen LogP contribution in [0.15, 0.2) is 42.5 Å². The number of ether oxygens (including phenoxy) is 1. The molecule has 0 fully saturated rings. The van der Waals surface area contributed by atoms with Gasteiger partial charge in [-0.15, -0.1) is 0 Å². The Morgan fingerprint density at radius 3 is 2.81 bits per heavy atom. The zero-order valence-electron chi connectivity index (χ0n) is 14.8. The van der Waals surface area contributed by atoms with Crippen LogP contribution in [0.3, 0.4) is 0 Å². The second-order valence-corrected chi connectivity index (χ2v) is 6.50. The van der Waals surface area contributed by atoms with Crippen molar-refractivity contribution < 1.29 is 14.3 Å². The molecule has 134 valence electrons. The van der Waals surface area contributed by atoms with E-state index in [0.29, 0.717) is 36.2 Å². The minimum atomic E-state index is -0.385. The fourth-order valence-electron chi connectivity index (χ4n) is 3.54. The molecule has 2 aromatic carbocycles. The first-order valence-electron chi connectivity index (χ1n) is 8.62. The maximum atomic E-state index is 12.9. The molecular weight excluding hydrogens is 342 g/mol. The molecule has 0 atom stereocenters. The number of hydrogen-bond acceptors (Lipinski definition) is 4. The molecule has 4 rings (SSSR count). The Morgan fingerprint density at radius 1 is 1.19 bits per heavy atom. The lowest BCUT2D eigenvalue weighted by atomic mass is 10.0. The van der Waals surface area contributed by atoms with E-state index >= 15 is 0 Å². The Bertz CT molecular complexity index is 1110. The predicted octanol–water partition coefficient (Wildman–Crippen LogP) is 3.02. The van der Waals surface area contributed by atoms with Gasteiger partial charge in [0.05, 0.1) is 24.3 Å². The van der Waals surface area contributed by atoms with Crippen LogP contribution in [0.4, 0.5) is 0 Å². The number of benzene rings is 2. The minimum absolute atomic E-state index is 0.101. The Morgan fingerprint density at radius 2 is 2.04 bits per heavy atom. The molecule has 0 radical (unpaired) electrons. The number of aromatic nitrogens is 1. The van der Waals surface area contributed by atoms with Crippen LogP contribution in [0.5, 0.6) is 0 Å². The van der Waals surface area contributed by atoms with Gasteiger partial charge < -0.3 is 14.6 Å². The molecule has 1 amide bonds. The van der Waals surface area contributed by atoms with Crippen molar-refractivity contribution in [2.45, 2.75) is 13.0 Å². The quantitative estimate of drug-likeness (QED) is 0.713. The summed E-state index contributed by atoms with van der Waals surface area (Å²) in [7, 11) is 1.36. The van der Waals surface area contributed by atoms with Crippen molar-refractivity contribution in [2.24, 2.45) is 0 Å². The van der Waals surface area contributed by atoms with Gasteiger partial charge in [0.25, 0.3) is 5.91 Å². The topological polar surface area (TPSA) is 86.2 Å². The van der Waals surface area contributed by atoms with Crippen molar-refractivity contribution >= 4 is 22.8 Å². The largest absolute Gasteiger partial charge is 0.465 e. The number of nitrogens with zero attached hydrogens (tertiary/aromatic N) is 2. The van der Waals surface area contributed by atoms with E-state index in [4.69, 9.17) is 10.00 Å². The van der Waals surface area contributed by atoms with Crippen LogP contribution in [0, 0.1) is 11.3 Å². The molecule has 6 nitrogen and oxygen atoms in total. The first kappa shape index (κ1) is 16.9. The number of aromatic amines is 1. The highest BCUT2D eigenvalue weighted by atomic mass is 16.5. The van der Waals surface area contributed by atoms with Gasteiger partial charge in [-0.1, -0.05) is 6.07 Å². The second-order valence-electron chi connectivity index (χ2n) is 6.50. The molecule has 3 aromatic rings. The van der Waals surface area contributed by atoms with Crippen LogP contribution in [-0.2, 0) is 17.7 Å². The van der Waals surface area contributed by atoms with Gasteiger partial charge >= 0.3 is 5.97 Å². The first-order valence-corrected chi connectivity index (χ1v) is 8.62. The van der Waals surface area contributed by atoms with Crippen molar-refractivity contribution in [3.05, 3.63) is 70.4 Å². The van der Waals surface area contributed by atoms with Crippen LogP contribution < -0.4 is 0 Å². The van der Waals surface area contributed by atoms with E-state index in [-0.39, 0.29) is 11.9 Å². The molecule has 1 N–H and O–H groups in total. The summed E-state index contributed by atoms with van der Waals surface area (Å²) in [4.78, 5) is 29.9. The summed E-state index contributed by atoms with van der Waals surface area (Å²) in [5, 5.41) is 9.98. The summed E-state index contributed by atoms with van der Waals surface area (Å²) >= 11 is 0. The number of nitrogens with one attached hydrogen (secondary N) is 1. The lowest BCUT2D eigenvalue weighted by molar-refractivity contribution is 0.0600. The van der Waals surface area contributed by atoms with Crippen molar-refractivity contribution in [3.8, 4) is 6.07 Å². The van der Waals surface area contributed by atoms with Crippen LogP contribution in [-0.4, -0.2) is 35.4 Å². The average Bonchev–Trinajstić information content (AvgIpc) is 3.09. The molecule has 0 unspecified atom stereocenters. The van der Waals surface area contributed by atoms with Gasteiger partial charge in [-0.25, -0.2) is 4.79 Å². The fraction of sp³-hybridized carbons (Fsp3) is 0.190. The number of esters is 1. The van der Waals surface area contributed by atoms with E-state index in [9.17, 15) is 9.59 Å². The standard InChI is InChI=1S/C21H17N3O3/c1-27-21(26)15-5-6-18-16(10-15)17-12-24(8-7-19(17)23-18)20(25)14-4-2-3-13(9-14)11-22/h2-6,9-10,23H,7-8,12H2,1H3. The highest BCUT2D eigenvalue weighted by Crippen LogP contribution is 2.29. The Labute approximate surface area is 156 Å². The third-order valence-electron chi connectivity index (χ3n) is 4.92. The molecule has 27 heavy (non-hydrogen) atoms. The van der Waals surface area contributed by atoms with Crippen molar-refractivity contribution in [3.63, 3.8) is 0 Å². The Hall–Kier alpha value is -3.59. The first-order chi connectivity index (χ1) is 13.1. The molecule has 0 bridgehead atoms. The summed E-state index contributed by atoms with van der Waals surface area (Å²) in [6, 6.07) is 14.2. The molecule has 1 aliphatic heterocycles. The summed E-state index contributed by atoms with van der Waals surface area (Å²) in [6.07, 6.45) is 0.710. The number of H-pyrrole nitrogens is 1. The maximum absolute atomic E-state index is 12.9. The number of rotatable bonds is 2. The van der Waals surface area contributed by atoms with Crippen molar-refractivity contribution in [2.75, 3.05) is 13.7 Å². The monoisotopic (exact) mass is 359 g/mol. The van der Waals surface area contributed by atoms with Crippen LogP contribution in [0.1, 0.15) is 37.5 Å². The van der Waals surface area contributed by atoms with Gasteiger partial charge in [0.15, 0.2) is 0 Å². The number of fused-ring (bicyclic) bond motifs is 3. The molecule has 0 saturated heterocycles. The van der Waals surface area contributed by atoms with E-state index < -0.39 is 0 Å². The maximum Gasteiger partial charge on any atom is 0.337 e. The molecule has 2 heterocycles. The Balaban J connectivity index is 1.68. The van der Waals surface area contributed by atoms with Gasteiger partial charge in [0.1, 0.15) is 0 Å². The second kappa shape index (κ2) is 6.61. The highest BCUT2D eigenvalue weighted by Gasteiger charge is 2.25. The minimum Gasteiger partial charge on any atom is -0.465 e. The van der Waals surface area contributed by atoms with Crippen molar-refractivity contribution in [1.29, 1.82) is 5.26 Å². The predicted molar refractivity (Wildman–Crippen MR) is 99.2 cm³/mol. The highest BCUT2D eigenvalue weighted by molar-refractivity contribution is 5.97. The number of amides is 1. The number of hydrogen-bond donors (Lipinski definition) is 1. The zero-order chi connectivity index (χ0) is 19.0. The lowest BCUT2D eigenvalue weighted by Gasteiger charge is -2.27. The van der Waals surface area contributed by atoms with Gasteiger partial charge in [-0.05, 0) is 36.4 Å². The zero-order valence-corrected chi connectivity index (χ0v) is 14.8. The van der Waals surface area contributed by atoms with Gasteiger partial charge in [-0.3, -0.25) is 4.79 Å². The Kier molecular flexibility index (Phi) is 4.13. The van der Waals surface area contributed by atoms with Crippen LogP contribution >= 0.6 is 0 Å².